The van der Waals surface area contributed by atoms with E-state index in [2.05, 4.69) is 30.4 Å². The van der Waals surface area contributed by atoms with Crippen LogP contribution in [0.1, 0.15) is 33.1 Å². The lowest BCUT2D eigenvalue weighted by Crippen LogP contribution is -2.39. The van der Waals surface area contributed by atoms with Crippen LogP contribution in [0.15, 0.2) is 38.0 Å². The predicted molar refractivity (Wildman–Crippen MR) is 111 cm³/mol. The molecule has 170 valence electrons. The van der Waals surface area contributed by atoms with E-state index in [1.807, 2.05) is 0 Å². The number of nitrogens with one attached hydrogen (secondary N) is 2. The minimum atomic E-state index is -1.04. The van der Waals surface area contributed by atoms with Gasteiger partial charge >= 0.3 is 17.9 Å². The molecule has 0 radical (unpaired) electrons. The number of carboxylic acids is 3. The molecule has 11 nitrogen and oxygen atoms in total. The van der Waals surface area contributed by atoms with Gasteiger partial charge in [0, 0.05) is 13.8 Å². The lowest BCUT2D eigenvalue weighted by atomic mass is 10.2. The summed E-state index contributed by atoms with van der Waals surface area (Å²) in [4.78, 5) is 51.5. The summed E-state index contributed by atoms with van der Waals surface area (Å²) in [7, 11) is 0. The van der Waals surface area contributed by atoms with Gasteiger partial charge in [0.2, 0.25) is 11.8 Å². The van der Waals surface area contributed by atoms with Crippen LogP contribution in [-0.4, -0.2) is 63.2 Å². The van der Waals surface area contributed by atoms with Crippen molar-refractivity contribution in [3.63, 3.8) is 0 Å². The van der Waals surface area contributed by atoms with Gasteiger partial charge in [-0.1, -0.05) is 18.2 Å². The summed E-state index contributed by atoms with van der Waals surface area (Å²) in [6.07, 6.45) is 5.21. The number of rotatable bonds is 11. The van der Waals surface area contributed by atoms with Crippen molar-refractivity contribution in [2.24, 2.45) is 5.73 Å². The molecule has 30 heavy (non-hydrogen) atoms. The quantitative estimate of drug-likeness (QED) is 0.250. The topological polar surface area (TPSA) is 196 Å². The van der Waals surface area contributed by atoms with Crippen LogP contribution in [0.2, 0.25) is 0 Å². The van der Waals surface area contributed by atoms with E-state index in [1.165, 1.54) is 32.1 Å². The largest absolute Gasteiger partial charge is 0.480 e. The van der Waals surface area contributed by atoms with Gasteiger partial charge < -0.3 is 31.7 Å². The number of carbonyl (C=O) groups is 5. The van der Waals surface area contributed by atoms with Crippen LogP contribution in [-0.2, 0) is 24.0 Å². The molecule has 0 rings (SSSR count). The van der Waals surface area contributed by atoms with Crippen molar-refractivity contribution in [3.8, 4) is 0 Å². The van der Waals surface area contributed by atoms with Crippen molar-refractivity contribution in [1.82, 2.24) is 10.6 Å². The van der Waals surface area contributed by atoms with Gasteiger partial charge in [-0.15, -0.1) is 19.7 Å². The Bertz CT molecular complexity index is 579. The zero-order valence-corrected chi connectivity index (χ0v) is 17.2. The number of hydrogen-bond acceptors (Lipinski definition) is 6. The van der Waals surface area contributed by atoms with Crippen LogP contribution >= 0.6 is 0 Å². The van der Waals surface area contributed by atoms with E-state index in [0.717, 1.165) is 0 Å². The van der Waals surface area contributed by atoms with Gasteiger partial charge in [-0.05, 0) is 19.3 Å². The Morgan fingerprint density at radius 1 is 0.733 bits per heavy atom. The third-order valence-electron chi connectivity index (χ3n) is 2.89. The fourth-order valence-electron chi connectivity index (χ4n) is 1.55. The zero-order chi connectivity index (χ0) is 24.3. The summed E-state index contributed by atoms with van der Waals surface area (Å²) in [6, 6.07) is -2.47. The maximum atomic E-state index is 10.4. The molecule has 0 aliphatic heterocycles. The van der Waals surface area contributed by atoms with Gasteiger partial charge in [0.25, 0.3) is 0 Å². The molecule has 0 aliphatic carbocycles. The predicted octanol–water partition coefficient (Wildman–Crippen LogP) is 0.278. The number of nitrogens with two attached hydrogens (primary N) is 1. The van der Waals surface area contributed by atoms with Crippen LogP contribution in [0.5, 0.6) is 0 Å². The number of aliphatic carboxylic acids is 3. The van der Waals surface area contributed by atoms with Crippen LogP contribution in [0.4, 0.5) is 0 Å². The highest BCUT2D eigenvalue weighted by Gasteiger charge is 2.16. The molecule has 3 atom stereocenters. The normalized spacial score (nSPS) is 12.0. The van der Waals surface area contributed by atoms with E-state index < -0.39 is 36.0 Å². The Labute approximate surface area is 175 Å². The van der Waals surface area contributed by atoms with Gasteiger partial charge in [0.1, 0.15) is 18.1 Å². The van der Waals surface area contributed by atoms with E-state index in [1.54, 1.807) is 0 Å². The molecule has 0 aromatic carbocycles. The minimum Gasteiger partial charge on any atom is -0.480 e. The Kier molecular flexibility index (Phi) is 19.6. The van der Waals surface area contributed by atoms with Gasteiger partial charge in [0.05, 0.1) is 0 Å². The summed E-state index contributed by atoms with van der Waals surface area (Å²) in [6.45, 7) is 12.6. The molecule has 0 aliphatic rings. The number of hydrogen-bond donors (Lipinski definition) is 6. The minimum absolute atomic E-state index is 0.245. The van der Waals surface area contributed by atoms with Gasteiger partial charge in [-0.25, -0.2) is 9.59 Å². The number of amides is 2. The molecule has 0 fully saturated rings. The maximum absolute atomic E-state index is 10.4. The first-order chi connectivity index (χ1) is 13.8. The SMILES string of the molecule is C=CC[C@@H](NC(C)=O)C(=O)O.C=CC[C@@H](NC(C)=O)C(=O)O.C=CC[C@H](N)C(=O)O. The lowest BCUT2D eigenvalue weighted by molar-refractivity contribution is -0.141. The maximum Gasteiger partial charge on any atom is 0.326 e. The first-order valence-electron chi connectivity index (χ1n) is 8.64. The molecule has 0 spiro atoms. The molecule has 0 saturated carbocycles. The van der Waals surface area contributed by atoms with Crippen molar-refractivity contribution >= 4 is 29.7 Å². The van der Waals surface area contributed by atoms with E-state index in [-0.39, 0.29) is 24.7 Å². The van der Waals surface area contributed by atoms with Gasteiger partial charge in [-0.2, -0.15) is 0 Å². The van der Waals surface area contributed by atoms with Crippen LogP contribution in [0, 0.1) is 0 Å². The molecular weight excluding hydrogens is 398 g/mol. The number of carbonyl (C=O) groups excluding carboxylic acids is 2. The van der Waals surface area contributed by atoms with E-state index >= 15 is 0 Å². The average Bonchev–Trinajstić information content (AvgIpc) is 2.61. The second-order valence-electron chi connectivity index (χ2n) is 5.70. The summed E-state index contributed by atoms with van der Waals surface area (Å²) in [5.41, 5.74) is 5.06. The molecule has 2 amide bonds. The zero-order valence-electron chi connectivity index (χ0n) is 17.2. The van der Waals surface area contributed by atoms with Crippen molar-refractivity contribution < 1.29 is 39.3 Å². The molecule has 0 aromatic heterocycles. The molecule has 0 aromatic rings. The van der Waals surface area contributed by atoms with Crippen molar-refractivity contribution in [1.29, 1.82) is 0 Å². The summed E-state index contributed by atoms with van der Waals surface area (Å²) < 4.78 is 0. The smallest absolute Gasteiger partial charge is 0.326 e. The van der Waals surface area contributed by atoms with E-state index in [9.17, 15) is 24.0 Å². The van der Waals surface area contributed by atoms with Gasteiger partial charge in [-0.3, -0.25) is 14.4 Å². The van der Waals surface area contributed by atoms with E-state index in [0.29, 0.717) is 6.42 Å². The molecule has 0 bridgehead atoms. The highest BCUT2D eigenvalue weighted by molar-refractivity contribution is 5.82. The van der Waals surface area contributed by atoms with Crippen LogP contribution in [0.25, 0.3) is 0 Å². The first-order valence-corrected chi connectivity index (χ1v) is 8.64. The molecular formula is C19H31N3O8. The summed E-state index contributed by atoms with van der Waals surface area (Å²) >= 11 is 0. The standard InChI is InChI=1S/2C7H11NO3.C5H9NO2/c2*1-3-4-6(7(10)11)8-5(2)9;1-2-3-4(6)5(7)8/h2*3,6H,1,4H2,2H3,(H,8,9)(H,10,11);2,4H,1,3,6H2,(H,7,8)/t2*6-;4-/m110/s1. The van der Waals surface area contributed by atoms with Crippen molar-refractivity contribution in [2.45, 2.75) is 51.2 Å². The summed E-state index contributed by atoms with van der Waals surface area (Å²) in [5.74, 6) is -3.76. The van der Waals surface area contributed by atoms with Gasteiger partial charge in [0.15, 0.2) is 0 Å². The van der Waals surface area contributed by atoms with Crippen molar-refractivity contribution in [2.75, 3.05) is 0 Å². The Hall–Kier alpha value is -3.47. The Morgan fingerprint density at radius 2 is 1.03 bits per heavy atom. The molecule has 0 unspecified atom stereocenters. The second kappa shape index (κ2) is 18.9. The van der Waals surface area contributed by atoms with Crippen LogP contribution in [0.3, 0.4) is 0 Å². The third kappa shape index (κ3) is 20.8. The lowest BCUT2D eigenvalue weighted by Gasteiger charge is -2.09. The Balaban J connectivity index is -0.000000370. The van der Waals surface area contributed by atoms with E-state index in [4.69, 9.17) is 21.1 Å². The average molecular weight is 429 g/mol. The number of carboxylic acid groups (broad SMARTS) is 3. The fraction of sp³-hybridized carbons (Fsp3) is 0.421. The molecule has 0 saturated heterocycles. The van der Waals surface area contributed by atoms with Crippen LogP contribution < -0.4 is 16.4 Å². The highest BCUT2D eigenvalue weighted by atomic mass is 16.4. The third-order valence-corrected chi connectivity index (χ3v) is 2.89. The molecule has 7 N–H and O–H groups in total. The second-order valence-corrected chi connectivity index (χ2v) is 5.70. The first kappa shape index (κ1) is 31.2. The Morgan fingerprint density at radius 3 is 1.17 bits per heavy atom. The monoisotopic (exact) mass is 429 g/mol. The fourth-order valence-corrected chi connectivity index (χ4v) is 1.55. The summed E-state index contributed by atoms with van der Waals surface area (Å²) in [5, 5.41) is 29.7. The van der Waals surface area contributed by atoms with Crippen molar-refractivity contribution in [3.05, 3.63) is 38.0 Å². The molecule has 0 heterocycles. The highest BCUT2D eigenvalue weighted by Crippen LogP contribution is 1.93. The molecule has 11 heteroatoms.